The van der Waals surface area contributed by atoms with Crippen LogP contribution in [0, 0.1) is 14.5 Å². The average Bonchev–Trinajstić information content (AvgIpc) is 2.04. The van der Waals surface area contributed by atoms with Gasteiger partial charge in [-0.05, 0) is 0 Å². The van der Waals surface area contributed by atoms with E-state index in [-0.39, 0.29) is 10.6 Å². The number of benzene rings is 1. The molecular formula is C7H5INO2. The maximum absolute atomic E-state index is 10.4. The molecule has 0 amide bonds. The van der Waals surface area contributed by atoms with Gasteiger partial charge in [-0.3, -0.25) is 10.1 Å². The average molecular weight is 262 g/mol. The standard InChI is InChI=1S/C7H5INO2/c8-5-6-3-1-2-4-7(6)9(10)11/h1-5H. The van der Waals surface area contributed by atoms with Crippen molar-refractivity contribution < 1.29 is 4.92 Å². The molecule has 0 N–H and O–H groups in total. The second-order valence-electron chi connectivity index (χ2n) is 1.93. The summed E-state index contributed by atoms with van der Waals surface area (Å²) in [6.07, 6.45) is 0. The highest BCUT2D eigenvalue weighted by atomic mass is 127. The van der Waals surface area contributed by atoms with Gasteiger partial charge < -0.3 is 0 Å². The molecule has 0 aliphatic carbocycles. The van der Waals surface area contributed by atoms with Gasteiger partial charge in [-0.25, -0.2) is 0 Å². The molecule has 0 spiro atoms. The molecule has 57 valence electrons. The fraction of sp³-hybridized carbons (Fsp3) is 0. The van der Waals surface area contributed by atoms with Crippen molar-refractivity contribution in [3.8, 4) is 0 Å². The number of hydrogen-bond donors (Lipinski definition) is 0. The molecule has 1 radical (unpaired) electrons. The molecule has 0 saturated carbocycles. The molecule has 0 atom stereocenters. The molecule has 3 nitrogen and oxygen atoms in total. The molecule has 0 saturated heterocycles. The van der Waals surface area contributed by atoms with Gasteiger partial charge in [-0.1, -0.05) is 40.8 Å². The fourth-order valence-electron chi connectivity index (χ4n) is 0.746. The van der Waals surface area contributed by atoms with Crippen molar-refractivity contribution in [1.82, 2.24) is 0 Å². The van der Waals surface area contributed by atoms with Crippen LogP contribution < -0.4 is 0 Å². The Balaban J connectivity index is 3.12. The van der Waals surface area contributed by atoms with E-state index in [0.717, 1.165) is 0 Å². The monoisotopic (exact) mass is 262 g/mol. The minimum absolute atomic E-state index is 0.155. The van der Waals surface area contributed by atoms with Crippen molar-refractivity contribution in [2.24, 2.45) is 0 Å². The first-order valence-electron chi connectivity index (χ1n) is 2.92. The molecule has 1 rings (SSSR count). The highest BCUT2D eigenvalue weighted by Crippen LogP contribution is 2.21. The van der Waals surface area contributed by atoms with E-state index < -0.39 is 0 Å². The Hall–Kier alpha value is -0.650. The topological polar surface area (TPSA) is 43.1 Å². The van der Waals surface area contributed by atoms with Gasteiger partial charge in [0.25, 0.3) is 5.69 Å². The molecular weight excluding hydrogens is 257 g/mol. The van der Waals surface area contributed by atoms with Crippen molar-refractivity contribution in [3.63, 3.8) is 0 Å². The second kappa shape index (κ2) is 3.66. The Kier molecular flexibility index (Phi) is 2.81. The molecule has 0 bridgehead atoms. The molecule has 0 fully saturated rings. The molecule has 1 aromatic rings. The summed E-state index contributed by atoms with van der Waals surface area (Å²) in [6.45, 7) is 0. The third-order valence-electron chi connectivity index (χ3n) is 1.25. The van der Waals surface area contributed by atoms with Gasteiger partial charge in [0.15, 0.2) is 0 Å². The van der Waals surface area contributed by atoms with Crippen molar-refractivity contribution in [2.45, 2.75) is 0 Å². The molecule has 4 heteroatoms. The van der Waals surface area contributed by atoms with Crippen LogP contribution in [0.15, 0.2) is 24.3 Å². The number of nitro groups is 1. The number of nitrogens with zero attached hydrogens (tertiary/aromatic N) is 1. The van der Waals surface area contributed by atoms with Crippen LogP contribution in [0.1, 0.15) is 5.56 Å². The summed E-state index contributed by atoms with van der Waals surface area (Å²) in [6, 6.07) is 6.63. The third kappa shape index (κ3) is 1.89. The van der Waals surface area contributed by atoms with Crippen molar-refractivity contribution in [1.29, 1.82) is 0 Å². The van der Waals surface area contributed by atoms with Crippen LogP contribution in [-0.2, 0) is 0 Å². The summed E-state index contributed by atoms with van der Waals surface area (Å²) in [4.78, 5) is 9.98. The lowest BCUT2D eigenvalue weighted by Crippen LogP contribution is -1.90. The minimum Gasteiger partial charge on any atom is -0.258 e. The Morgan fingerprint density at radius 1 is 1.45 bits per heavy atom. The van der Waals surface area contributed by atoms with Gasteiger partial charge in [0.1, 0.15) is 0 Å². The predicted molar refractivity (Wildman–Crippen MR) is 50.5 cm³/mol. The van der Waals surface area contributed by atoms with E-state index in [1.165, 1.54) is 6.07 Å². The molecule has 0 unspecified atom stereocenters. The molecule has 0 heterocycles. The first-order chi connectivity index (χ1) is 5.25. The minimum atomic E-state index is -0.384. The largest absolute Gasteiger partial charge is 0.273 e. The third-order valence-corrected chi connectivity index (χ3v) is 1.92. The van der Waals surface area contributed by atoms with Crippen LogP contribution in [0.2, 0.25) is 0 Å². The maximum atomic E-state index is 10.4. The molecule has 11 heavy (non-hydrogen) atoms. The molecule has 0 aliphatic heterocycles. The Bertz CT molecular complexity index is 275. The van der Waals surface area contributed by atoms with Gasteiger partial charge in [0, 0.05) is 11.6 Å². The van der Waals surface area contributed by atoms with Crippen LogP contribution in [0.3, 0.4) is 0 Å². The zero-order chi connectivity index (χ0) is 8.27. The van der Waals surface area contributed by atoms with Crippen molar-refractivity contribution in [2.75, 3.05) is 0 Å². The summed E-state index contributed by atoms with van der Waals surface area (Å²) in [5, 5.41) is 10.4. The summed E-state index contributed by atoms with van der Waals surface area (Å²) >= 11 is 1.98. The van der Waals surface area contributed by atoms with Gasteiger partial charge in [0.2, 0.25) is 0 Å². The molecule has 1 aromatic carbocycles. The van der Waals surface area contributed by atoms with Crippen LogP contribution in [0.25, 0.3) is 0 Å². The predicted octanol–water partition coefficient (Wildman–Crippen LogP) is 2.54. The number of nitro benzene ring substituents is 1. The highest BCUT2D eigenvalue weighted by Gasteiger charge is 2.09. The van der Waals surface area contributed by atoms with E-state index in [4.69, 9.17) is 0 Å². The van der Waals surface area contributed by atoms with Crippen LogP contribution in [0.5, 0.6) is 0 Å². The number of para-hydroxylation sites is 1. The zero-order valence-corrected chi connectivity index (χ0v) is 7.69. The SMILES string of the molecule is O=[N+]([O-])c1ccccc1[CH]I. The number of halogens is 1. The summed E-state index contributed by atoms with van der Waals surface area (Å²) in [5.74, 6) is 0. The van der Waals surface area contributed by atoms with Gasteiger partial charge in [0.05, 0.1) is 9.35 Å². The fourth-order valence-corrected chi connectivity index (χ4v) is 1.27. The van der Waals surface area contributed by atoms with Crippen molar-refractivity contribution in [3.05, 3.63) is 44.4 Å². The van der Waals surface area contributed by atoms with Crippen molar-refractivity contribution >= 4 is 28.3 Å². The highest BCUT2D eigenvalue weighted by molar-refractivity contribution is 14.1. The second-order valence-corrected chi connectivity index (χ2v) is 2.55. The maximum Gasteiger partial charge on any atom is 0.273 e. The van der Waals surface area contributed by atoms with Crippen LogP contribution in [0.4, 0.5) is 5.69 Å². The smallest absolute Gasteiger partial charge is 0.258 e. The molecule has 0 aromatic heterocycles. The van der Waals surface area contributed by atoms with E-state index in [1.54, 1.807) is 22.6 Å². The summed E-state index contributed by atoms with van der Waals surface area (Å²) < 4.78 is 1.69. The van der Waals surface area contributed by atoms with E-state index in [9.17, 15) is 10.1 Å². The lowest BCUT2D eigenvalue weighted by Gasteiger charge is -1.95. The normalized spacial score (nSPS) is 9.55. The van der Waals surface area contributed by atoms with Crippen LogP contribution >= 0.6 is 22.6 Å². The van der Waals surface area contributed by atoms with E-state index in [1.807, 2.05) is 22.6 Å². The Morgan fingerprint density at radius 3 is 2.55 bits per heavy atom. The Morgan fingerprint density at radius 2 is 2.09 bits per heavy atom. The Labute approximate surface area is 77.7 Å². The van der Waals surface area contributed by atoms with Crippen LogP contribution in [-0.4, -0.2) is 4.92 Å². The lowest BCUT2D eigenvalue weighted by atomic mass is 10.2. The zero-order valence-electron chi connectivity index (χ0n) is 5.53. The van der Waals surface area contributed by atoms with Gasteiger partial charge in [-0.2, -0.15) is 0 Å². The lowest BCUT2D eigenvalue weighted by molar-refractivity contribution is -0.385. The van der Waals surface area contributed by atoms with Gasteiger partial charge in [-0.15, -0.1) is 0 Å². The van der Waals surface area contributed by atoms with E-state index in [2.05, 4.69) is 0 Å². The summed E-state index contributed by atoms with van der Waals surface area (Å²) in [7, 11) is 0. The quantitative estimate of drug-likeness (QED) is 0.467. The molecule has 0 aliphatic rings. The first kappa shape index (κ1) is 8.45. The summed E-state index contributed by atoms with van der Waals surface area (Å²) in [5.41, 5.74) is 0.806. The number of rotatable bonds is 2. The van der Waals surface area contributed by atoms with E-state index >= 15 is 0 Å². The van der Waals surface area contributed by atoms with Gasteiger partial charge >= 0.3 is 0 Å². The van der Waals surface area contributed by atoms with E-state index in [0.29, 0.717) is 5.56 Å². The number of hydrogen-bond acceptors (Lipinski definition) is 2. The first-order valence-corrected chi connectivity index (χ1v) is 4.17.